The summed E-state index contributed by atoms with van der Waals surface area (Å²) in [5.74, 6) is 0.223. The molecule has 8 heteroatoms. The highest BCUT2D eigenvalue weighted by Crippen LogP contribution is 2.33. The molecule has 0 atom stereocenters. The molecular formula is C32H39Cl3N2O3. The second-order valence-electron chi connectivity index (χ2n) is 9.48. The van der Waals surface area contributed by atoms with Gasteiger partial charge in [0.05, 0.1) is 0 Å². The number of carbonyl (C=O) groups excluding carboxylic acids is 1. The van der Waals surface area contributed by atoms with Crippen molar-refractivity contribution in [3.8, 4) is 5.75 Å². The maximum Gasteiger partial charge on any atom is 0.344 e. The Labute approximate surface area is 256 Å². The lowest BCUT2D eigenvalue weighted by molar-refractivity contribution is -0.146. The number of hydrogen-bond acceptors (Lipinski definition) is 5. The first kappa shape index (κ1) is 35.2. The van der Waals surface area contributed by atoms with Gasteiger partial charge < -0.3 is 19.3 Å². The molecule has 0 aromatic heterocycles. The van der Waals surface area contributed by atoms with Gasteiger partial charge in [0.25, 0.3) is 0 Å². The van der Waals surface area contributed by atoms with E-state index in [9.17, 15) is 4.79 Å². The van der Waals surface area contributed by atoms with E-state index in [1.807, 2.05) is 19.0 Å². The number of nitrogens with zero attached hydrogens (tertiary/aromatic N) is 2. The summed E-state index contributed by atoms with van der Waals surface area (Å²) < 4.78 is 10.2. The second-order valence-corrected chi connectivity index (χ2v) is 9.92. The number of fused-ring (bicyclic) bond motifs is 2. The van der Waals surface area contributed by atoms with Gasteiger partial charge in [-0.15, -0.1) is 24.8 Å². The van der Waals surface area contributed by atoms with Crippen LogP contribution in [0.1, 0.15) is 28.7 Å². The number of carbonyl (C=O) groups is 1. The number of ether oxygens (including phenoxy) is 2. The molecule has 40 heavy (non-hydrogen) atoms. The van der Waals surface area contributed by atoms with Crippen molar-refractivity contribution in [1.82, 2.24) is 9.80 Å². The van der Waals surface area contributed by atoms with Gasteiger partial charge in [0.1, 0.15) is 12.4 Å². The molecule has 1 aliphatic rings. The predicted octanol–water partition coefficient (Wildman–Crippen LogP) is 7.22. The summed E-state index contributed by atoms with van der Waals surface area (Å²) in [5, 5.41) is 0.630. The van der Waals surface area contributed by atoms with E-state index in [0.29, 0.717) is 23.9 Å². The van der Waals surface area contributed by atoms with Crippen molar-refractivity contribution in [2.45, 2.75) is 6.42 Å². The fourth-order valence-corrected chi connectivity index (χ4v) is 3.97. The molecule has 3 aromatic carbocycles. The van der Waals surface area contributed by atoms with Gasteiger partial charge >= 0.3 is 5.97 Å². The molecule has 0 amide bonds. The van der Waals surface area contributed by atoms with Crippen LogP contribution in [-0.2, 0) is 9.53 Å². The molecular weight excluding hydrogens is 567 g/mol. The number of benzene rings is 3. The van der Waals surface area contributed by atoms with Crippen molar-refractivity contribution in [2.75, 3.05) is 54.5 Å². The normalized spacial score (nSPS) is 11.1. The monoisotopic (exact) mass is 604 g/mol. The Hall–Kier alpha value is -2.80. The van der Waals surface area contributed by atoms with E-state index < -0.39 is 0 Å². The molecule has 0 fully saturated rings. The molecule has 1 aliphatic carbocycles. The Morgan fingerprint density at radius 1 is 0.775 bits per heavy atom. The maximum atomic E-state index is 11.3. The molecule has 0 saturated heterocycles. The lowest BCUT2D eigenvalue weighted by Gasteiger charge is -2.13. The summed E-state index contributed by atoms with van der Waals surface area (Å²) in [4.78, 5) is 15.4. The molecule has 216 valence electrons. The van der Waals surface area contributed by atoms with E-state index in [4.69, 9.17) is 21.1 Å². The number of hydrogen-bond donors (Lipinski definition) is 0. The molecule has 3 aromatic rings. The Balaban J connectivity index is 0.000000390. The minimum atomic E-state index is -0.373. The van der Waals surface area contributed by atoms with Gasteiger partial charge in [-0.05, 0) is 86.7 Å². The van der Waals surface area contributed by atoms with E-state index in [2.05, 4.69) is 85.8 Å². The summed E-state index contributed by atoms with van der Waals surface area (Å²) in [6.07, 6.45) is 7.89. The van der Waals surface area contributed by atoms with Crippen molar-refractivity contribution in [1.29, 1.82) is 0 Å². The molecule has 0 aliphatic heterocycles. The van der Waals surface area contributed by atoms with Crippen molar-refractivity contribution < 1.29 is 14.3 Å². The smallest absolute Gasteiger partial charge is 0.344 e. The van der Waals surface area contributed by atoms with Crippen LogP contribution < -0.4 is 4.74 Å². The summed E-state index contributed by atoms with van der Waals surface area (Å²) in [6.45, 7) is 2.05. The van der Waals surface area contributed by atoms with Gasteiger partial charge in [-0.25, -0.2) is 4.79 Å². The zero-order chi connectivity index (χ0) is 27.3. The summed E-state index contributed by atoms with van der Waals surface area (Å²) in [5.41, 5.74) is 6.61. The van der Waals surface area contributed by atoms with Gasteiger partial charge in [0.15, 0.2) is 6.61 Å². The fourth-order valence-electron chi connectivity index (χ4n) is 3.84. The van der Waals surface area contributed by atoms with E-state index in [1.54, 1.807) is 24.3 Å². The summed E-state index contributed by atoms with van der Waals surface area (Å²) in [7, 11) is 8.07. The first-order chi connectivity index (χ1) is 18.3. The molecule has 4 rings (SSSR count). The molecule has 0 saturated carbocycles. The molecule has 0 unspecified atom stereocenters. The first-order valence-corrected chi connectivity index (χ1v) is 13.1. The predicted molar refractivity (Wildman–Crippen MR) is 173 cm³/mol. The topological polar surface area (TPSA) is 42.0 Å². The molecule has 0 spiro atoms. The molecule has 0 N–H and O–H groups in total. The highest BCUT2D eigenvalue weighted by atomic mass is 35.5. The summed E-state index contributed by atoms with van der Waals surface area (Å²) >= 11 is 5.72. The Kier molecular flexibility index (Phi) is 16.3. The number of likely N-dealkylation sites (N-methyl/N-ethyl adjacent to an activating group) is 1. The highest BCUT2D eigenvalue weighted by molar-refractivity contribution is 6.30. The Morgan fingerprint density at radius 3 is 1.82 bits per heavy atom. The molecule has 0 radical (unpaired) electrons. The van der Waals surface area contributed by atoms with Crippen molar-refractivity contribution in [3.05, 3.63) is 106 Å². The lowest BCUT2D eigenvalue weighted by Crippen LogP contribution is -2.22. The van der Waals surface area contributed by atoms with Gasteiger partial charge in [0, 0.05) is 18.1 Å². The van der Waals surface area contributed by atoms with E-state index >= 15 is 0 Å². The van der Waals surface area contributed by atoms with Crippen molar-refractivity contribution in [2.24, 2.45) is 0 Å². The third-order valence-electron chi connectivity index (χ3n) is 5.84. The van der Waals surface area contributed by atoms with Gasteiger partial charge in [-0.2, -0.15) is 0 Å². The number of rotatable bonds is 9. The summed E-state index contributed by atoms with van der Waals surface area (Å²) in [6, 6.07) is 24.1. The minimum absolute atomic E-state index is 0. The molecule has 0 heterocycles. The van der Waals surface area contributed by atoms with Crippen LogP contribution in [0.4, 0.5) is 0 Å². The van der Waals surface area contributed by atoms with Crippen LogP contribution in [0.2, 0.25) is 5.02 Å². The Morgan fingerprint density at radius 2 is 1.30 bits per heavy atom. The fraction of sp³-hybridized carbons (Fsp3) is 0.281. The molecule has 5 nitrogen and oxygen atoms in total. The minimum Gasteiger partial charge on any atom is -0.482 e. The standard InChI is InChI=1S/C20H21N.C12H16ClNO3.2ClH/c1-21(2)15-7-12-20-18-10-5-3-8-16(18)13-14-17-9-4-6-11-19(17)20;1-14(2)7-8-16-12(15)9-17-11-5-3-10(13)4-6-11;;/h3-6,8-14H,7,15H2,1-2H3;3-6H,7-9H2,1-2H3;2*1H. The van der Waals surface area contributed by atoms with Gasteiger partial charge in [-0.3, -0.25) is 0 Å². The quantitative estimate of drug-likeness (QED) is 0.189. The van der Waals surface area contributed by atoms with Crippen LogP contribution in [0.25, 0.3) is 17.7 Å². The lowest BCUT2D eigenvalue weighted by atomic mass is 9.93. The average Bonchev–Trinajstić information content (AvgIpc) is 3.06. The van der Waals surface area contributed by atoms with E-state index in [1.165, 1.54) is 27.8 Å². The average molecular weight is 606 g/mol. The Bertz CT molecular complexity index is 1190. The highest BCUT2D eigenvalue weighted by Gasteiger charge is 2.13. The van der Waals surface area contributed by atoms with Gasteiger partial charge in [-0.1, -0.05) is 78.4 Å². The zero-order valence-corrected chi connectivity index (χ0v) is 25.9. The zero-order valence-electron chi connectivity index (χ0n) is 23.5. The van der Waals surface area contributed by atoms with Gasteiger partial charge in [0.2, 0.25) is 0 Å². The second kappa shape index (κ2) is 18.5. The first-order valence-electron chi connectivity index (χ1n) is 12.7. The van der Waals surface area contributed by atoms with Crippen LogP contribution >= 0.6 is 36.4 Å². The van der Waals surface area contributed by atoms with Crippen molar-refractivity contribution >= 4 is 60.1 Å². The van der Waals surface area contributed by atoms with Crippen LogP contribution in [0.15, 0.2) is 78.9 Å². The molecule has 0 bridgehead atoms. The number of halogens is 3. The third-order valence-corrected chi connectivity index (χ3v) is 6.09. The van der Waals surface area contributed by atoms with E-state index in [-0.39, 0.29) is 37.4 Å². The van der Waals surface area contributed by atoms with Crippen molar-refractivity contribution in [3.63, 3.8) is 0 Å². The van der Waals surface area contributed by atoms with Crippen LogP contribution in [0.5, 0.6) is 5.75 Å². The largest absolute Gasteiger partial charge is 0.482 e. The van der Waals surface area contributed by atoms with Crippen LogP contribution in [-0.4, -0.2) is 70.3 Å². The van der Waals surface area contributed by atoms with E-state index in [0.717, 1.165) is 13.0 Å². The SMILES string of the molecule is CN(C)CCC=C1c2ccccc2C=Cc2ccccc21.CN(C)CCOC(=O)COc1ccc(Cl)cc1.Cl.Cl. The maximum absolute atomic E-state index is 11.3. The van der Waals surface area contributed by atoms with Crippen LogP contribution in [0.3, 0.4) is 0 Å². The third kappa shape index (κ3) is 11.7. The number of esters is 1. The van der Waals surface area contributed by atoms with Crippen LogP contribution in [0, 0.1) is 0 Å².